The van der Waals surface area contributed by atoms with Crippen molar-refractivity contribution in [2.24, 2.45) is 0 Å². The van der Waals surface area contributed by atoms with Crippen LogP contribution in [0.25, 0.3) is 0 Å². The van der Waals surface area contributed by atoms with Gasteiger partial charge in [0.15, 0.2) is 11.5 Å². The summed E-state index contributed by atoms with van der Waals surface area (Å²) in [6.07, 6.45) is 0. The molecule has 0 bridgehead atoms. The van der Waals surface area contributed by atoms with Crippen molar-refractivity contribution < 1.29 is 23.8 Å². The van der Waals surface area contributed by atoms with Crippen LogP contribution in [0.15, 0.2) is 28.7 Å². The number of carbonyl (C=O) groups is 1. The second kappa shape index (κ2) is 5.69. The Balaban J connectivity index is 2.13. The second-order valence-corrected chi connectivity index (χ2v) is 4.47. The molecule has 20 heavy (non-hydrogen) atoms. The Kier molecular flexibility index (Phi) is 3.98. The highest BCUT2D eigenvalue weighted by Gasteiger charge is 2.15. The molecule has 106 valence electrons. The number of furan rings is 1. The first-order chi connectivity index (χ1) is 9.51. The fraction of sp³-hybridized carbons (Fsp3) is 0.267. The summed E-state index contributed by atoms with van der Waals surface area (Å²) < 4.78 is 16.1. The number of benzene rings is 1. The molecule has 0 aliphatic carbocycles. The molecule has 0 amide bonds. The first-order valence-corrected chi connectivity index (χ1v) is 6.11. The van der Waals surface area contributed by atoms with Gasteiger partial charge in [-0.2, -0.15) is 0 Å². The van der Waals surface area contributed by atoms with Gasteiger partial charge in [0.2, 0.25) is 5.76 Å². The molecule has 5 nitrogen and oxygen atoms in total. The van der Waals surface area contributed by atoms with Crippen molar-refractivity contribution in [2.45, 2.75) is 20.5 Å². The van der Waals surface area contributed by atoms with Gasteiger partial charge < -0.3 is 19.0 Å². The van der Waals surface area contributed by atoms with Crippen molar-refractivity contribution >= 4 is 5.97 Å². The van der Waals surface area contributed by atoms with Crippen LogP contribution in [0.4, 0.5) is 0 Å². The maximum atomic E-state index is 10.9. The van der Waals surface area contributed by atoms with Crippen LogP contribution in [0, 0.1) is 13.8 Å². The van der Waals surface area contributed by atoms with Gasteiger partial charge in [-0.05, 0) is 37.6 Å². The minimum atomic E-state index is -1.08. The maximum absolute atomic E-state index is 10.9. The molecule has 0 spiro atoms. The number of aryl methyl sites for hydroxylation is 2. The fourth-order valence-electron chi connectivity index (χ4n) is 1.87. The molecular formula is C15H16O5. The van der Waals surface area contributed by atoms with Crippen molar-refractivity contribution in [1.82, 2.24) is 0 Å². The van der Waals surface area contributed by atoms with Gasteiger partial charge in [-0.1, -0.05) is 6.07 Å². The number of methoxy groups -OCH3 is 1. The monoisotopic (exact) mass is 276 g/mol. The highest BCUT2D eigenvalue weighted by atomic mass is 16.5. The lowest BCUT2D eigenvalue weighted by molar-refractivity contribution is 0.0657. The zero-order valence-electron chi connectivity index (χ0n) is 11.6. The van der Waals surface area contributed by atoms with Gasteiger partial charge in [-0.15, -0.1) is 0 Å². The molecule has 1 aromatic heterocycles. The van der Waals surface area contributed by atoms with Crippen LogP contribution < -0.4 is 9.47 Å². The predicted octanol–water partition coefficient (Wildman–Crippen LogP) is 3.18. The third kappa shape index (κ3) is 2.93. The lowest BCUT2D eigenvalue weighted by Gasteiger charge is -2.10. The summed E-state index contributed by atoms with van der Waals surface area (Å²) in [4.78, 5) is 10.9. The van der Waals surface area contributed by atoms with E-state index < -0.39 is 5.97 Å². The molecule has 1 aromatic carbocycles. The van der Waals surface area contributed by atoms with Crippen molar-refractivity contribution in [3.8, 4) is 11.5 Å². The number of carboxylic acids is 1. The molecule has 5 heteroatoms. The quantitative estimate of drug-likeness (QED) is 0.908. The average molecular weight is 276 g/mol. The largest absolute Gasteiger partial charge is 0.493 e. The first-order valence-electron chi connectivity index (χ1n) is 6.11. The van der Waals surface area contributed by atoms with Gasteiger partial charge >= 0.3 is 5.97 Å². The van der Waals surface area contributed by atoms with Gasteiger partial charge in [0.05, 0.1) is 7.11 Å². The molecule has 0 aliphatic heterocycles. The van der Waals surface area contributed by atoms with Gasteiger partial charge in [0.25, 0.3) is 0 Å². The Morgan fingerprint density at radius 2 is 2.00 bits per heavy atom. The second-order valence-electron chi connectivity index (χ2n) is 4.47. The van der Waals surface area contributed by atoms with E-state index in [0.29, 0.717) is 22.8 Å². The minimum Gasteiger partial charge on any atom is -0.493 e. The lowest BCUT2D eigenvalue weighted by Crippen LogP contribution is -1.97. The van der Waals surface area contributed by atoms with E-state index in [1.807, 2.05) is 25.1 Å². The number of rotatable bonds is 5. The molecule has 2 rings (SSSR count). The lowest BCUT2D eigenvalue weighted by atomic mass is 10.2. The molecule has 1 heterocycles. The van der Waals surface area contributed by atoms with E-state index >= 15 is 0 Å². The standard InChI is InChI=1S/C15H16O5/c1-9-4-5-12(13(6-9)18-3)19-8-11-7-10(2)14(20-11)15(16)17/h4-7H,8H2,1-3H3,(H,16,17). The van der Waals surface area contributed by atoms with Crippen LogP contribution >= 0.6 is 0 Å². The molecule has 0 saturated heterocycles. The Bertz CT molecular complexity index is 627. The molecule has 0 aliphatic rings. The van der Waals surface area contributed by atoms with Crippen LogP contribution in [0.2, 0.25) is 0 Å². The van der Waals surface area contributed by atoms with Gasteiger partial charge in [0, 0.05) is 5.56 Å². The first kappa shape index (κ1) is 14.0. The van der Waals surface area contributed by atoms with E-state index in [2.05, 4.69) is 0 Å². The summed E-state index contributed by atoms with van der Waals surface area (Å²) >= 11 is 0. The summed E-state index contributed by atoms with van der Waals surface area (Å²) in [5, 5.41) is 8.92. The average Bonchev–Trinajstić information content (AvgIpc) is 2.78. The number of ether oxygens (including phenoxy) is 2. The van der Waals surface area contributed by atoms with Crippen molar-refractivity contribution in [2.75, 3.05) is 7.11 Å². The molecule has 2 aromatic rings. The van der Waals surface area contributed by atoms with Gasteiger partial charge in [0.1, 0.15) is 12.4 Å². The number of hydrogen-bond acceptors (Lipinski definition) is 4. The topological polar surface area (TPSA) is 68.9 Å². The summed E-state index contributed by atoms with van der Waals surface area (Å²) in [7, 11) is 1.57. The number of aromatic carboxylic acids is 1. The smallest absolute Gasteiger partial charge is 0.372 e. The molecular weight excluding hydrogens is 260 g/mol. The van der Waals surface area contributed by atoms with Crippen LogP contribution in [-0.4, -0.2) is 18.2 Å². The van der Waals surface area contributed by atoms with Gasteiger partial charge in [-0.25, -0.2) is 4.79 Å². The highest BCUT2D eigenvalue weighted by Crippen LogP contribution is 2.29. The Hall–Kier alpha value is -2.43. The predicted molar refractivity (Wildman–Crippen MR) is 72.5 cm³/mol. The Morgan fingerprint density at radius 1 is 1.25 bits per heavy atom. The van der Waals surface area contributed by atoms with E-state index in [-0.39, 0.29) is 12.4 Å². The third-order valence-corrected chi connectivity index (χ3v) is 2.85. The van der Waals surface area contributed by atoms with E-state index in [4.69, 9.17) is 19.0 Å². The molecule has 1 N–H and O–H groups in total. The number of hydrogen-bond donors (Lipinski definition) is 1. The summed E-state index contributed by atoms with van der Waals surface area (Å²) in [6.45, 7) is 3.79. The Labute approximate surface area is 116 Å². The minimum absolute atomic E-state index is 0.0560. The molecule has 0 radical (unpaired) electrons. The van der Waals surface area contributed by atoms with Crippen LogP contribution in [-0.2, 0) is 6.61 Å². The Morgan fingerprint density at radius 3 is 2.60 bits per heavy atom. The number of carboxylic acid groups (broad SMARTS) is 1. The van der Waals surface area contributed by atoms with E-state index in [1.165, 1.54) is 0 Å². The maximum Gasteiger partial charge on any atom is 0.372 e. The van der Waals surface area contributed by atoms with Crippen LogP contribution in [0.3, 0.4) is 0 Å². The van der Waals surface area contributed by atoms with E-state index in [9.17, 15) is 4.79 Å². The molecule has 0 fully saturated rings. The fourth-order valence-corrected chi connectivity index (χ4v) is 1.87. The molecule has 0 atom stereocenters. The van der Waals surface area contributed by atoms with Gasteiger partial charge in [-0.3, -0.25) is 0 Å². The van der Waals surface area contributed by atoms with Crippen molar-refractivity contribution in [3.05, 3.63) is 46.9 Å². The molecule has 0 saturated carbocycles. The zero-order chi connectivity index (χ0) is 14.7. The summed E-state index contributed by atoms with van der Waals surface area (Å²) in [5.41, 5.74) is 1.64. The van der Waals surface area contributed by atoms with Crippen molar-refractivity contribution in [3.63, 3.8) is 0 Å². The normalized spacial score (nSPS) is 10.3. The van der Waals surface area contributed by atoms with Crippen molar-refractivity contribution in [1.29, 1.82) is 0 Å². The van der Waals surface area contributed by atoms with Crippen LogP contribution in [0.1, 0.15) is 27.4 Å². The zero-order valence-corrected chi connectivity index (χ0v) is 11.6. The SMILES string of the molecule is COc1cc(C)ccc1OCc1cc(C)c(C(=O)O)o1. The van der Waals surface area contributed by atoms with Crippen LogP contribution in [0.5, 0.6) is 11.5 Å². The third-order valence-electron chi connectivity index (χ3n) is 2.85. The van der Waals surface area contributed by atoms with E-state index in [1.54, 1.807) is 20.1 Å². The summed E-state index contributed by atoms with van der Waals surface area (Å²) in [6, 6.07) is 7.24. The molecule has 0 unspecified atom stereocenters. The van der Waals surface area contributed by atoms with E-state index in [0.717, 1.165) is 5.56 Å². The summed E-state index contributed by atoms with van der Waals surface area (Å²) in [5.74, 6) is 0.541. The highest BCUT2D eigenvalue weighted by molar-refractivity contribution is 5.86.